The van der Waals surface area contributed by atoms with Crippen molar-refractivity contribution in [1.29, 1.82) is 0 Å². The molecule has 0 N–H and O–H groups in total. The largest absolute Gasteiger partial charge is 0.393 e. The molecule has 0 aliphatic carbocycles. The number of rotatable bonds is 3. The Hall–Kier alpha value is 0.234. The second-order valence-corrected chi connectivity index (χ2v) is 16.1. The van der Waals surface area contributed by atoms with E-state index in [0.717, 1.165) is 6.42 Å². The zero-order valence-electron chi connectivity index (χ0n) is 7.69. The SMILES string of the molecule is CCC(C)[Si](=O)[Si](C)(C)C. The fourth-order valence-electron chi connectivity index (χ4n) is 0.925. The van der Waals surface area contributed by atoms with Crippen LogP contribution >= 0.6 is 0 Å². The first kappa shape index (κ1) is 10.2. The van der Waals surface area contributed by atoms with Gasteiger partial charge < -0.3 is 4.46 Å². The van der Waals surface area contributed by atoms with Gasteiger partial charge in [0, 0.05) is 0 Å². The highest BCUT2D eigenvalue weighted by atomic mass is 29.2. The summed E-state index contributed by atoms with van der Waals surface area (Å²) in [5, 5.41) is 0. The van der Waals surface area contributed by atoms with E-state index in [4.69, 9.17) is 0 Å². The highest BCUT2D eigenvalue weighted by Crippen LogP contribution is 2.16. The average molecular weight is 174 g/mol. The molecule has 0 spiro atoms. The molecule has 3 heteroatoms. The molecule has 0 rings (SSSR count). The molecule has 0 fully saturated rings. The first-order valence-corrected chi connectivity index (χ1v) is 9.92. The minimum atomic E-state index is -1.30. The Kier molecular flexibility index (Phi) is 3.66. The molecule has 0 bridgehead atoms. The van der Waals surface area contributed by atoms with Gasteiger partial charge in [-0.05, 0) is 5.54 Å². The zero-order chi connectivity index (χ0) is 8.36. The Morgan fingerprint density at radius 2 is 1.80 bits per heavy atom. The molecule has 0 saturated heterocycles. The van der Waals surface area contributed by atoms with Gasteiger partial charge in [0.1, 0.15) is 7.59 Å². The van der Waals surface area contributed by atoms with Crippen LogP contribution in [-0.4, -0.2) is 15.8 Å². The van der Waals surface area contributed by atoms with Crippen molar-refractivity contribution in [2.24, 2.45) is 0 Å². The van der Waals surface area contributed by atoms with Gasteiger partial charge in [0.25, 0.3) is 8.20 Å². The zero-order valence-corrected chi connectivity index (χ0v) is 9.69. The van der Waals surface area contributed by atoms with E-state index in [1.165, 1.54) is 0 Å². The summed E-state index contributed by atoms with van der Waals surface area (Å²) in [6, 6.07) is 0. The Balaban J connectivity index is 4.09. The van der Waals surface area contributed by atoms with Gasteiger partial charge in [-0.2, -0.15) is 0 Å². The van der Waals surface area contributed by atoms with Gasteiger partial charge in [0.05, 0.1) is 0 Å². The van der Waals surface area contributed by atoms with Gasteiger partial charge in [-0.25, -0.2) is 0 Å². The van der Waals surface area contributed by atoms with Crippen LogP contribution in [0.25, 0.3) is 0 Å². The summed E-state index contributed by atoms with van der Waals surface area (Å²) < 4.78 is 11.6. The van der Waals surface area contributed by atoms with Crippen molar-refractivity contribution in [2.75, 3.05) is 0 Å². The Morgan fingerprint density at radius 3 is 1.90 bits per heavy atom. The fraction of sp³-hybridized carbons (Fsp3) is 1.00. The van der Waals surface area contributed by atoms with Crippen LogP contribution < -0.4 is 0 Å². The summed E-state index contributed by atoms with van der Waals surface area (Å²) in [7, 11) is -2.54. The summed E-state index contributed by atoms with van der Waals surface area (Å²) in [5.41, 5.74) is 0.469. The van der Waals surface area contributed by atoms with Crippen molar-refractivity contribution in [3.05, 3.63) is 0 Å². The van der Waals surface area contributed by atoms with E-state index in [-0.39, 0.29) is 0 Å². The van der Waals surface area contributed by atoms with Gasteiger partial charge in [-0.1, -0.05) is 39.9 Å². The van der Waals surface area contributed by atoms with Crippen molar-refractivity contribution in [1.82, 2.24) is 0 Å². The van der Waals surface area contributed by atoms with Crippen LogP contribution in [-0.2, 0) is 4.46 Å². The first-order chi connectivity index (χ1) is 4.39. The summed E-state index contributed by atoms with van der Waals surface area (Å²) >= 11 is 0. The molecule has 60 valence electrons. The second kappa shape index (κ2) is 3.57. The molecule has 1 unspecified atom stereocenters. The van der Waals surface area contributed by atoms with Crippen LogP contribution in [0.3, 0.4) is 0 Å². The van der Waals surface area contributed by atoms with E-state index in [2.05, 4.69) is 33.5 Å². The molecule has 1 nitrogen and oxygen atoms in total. The summed E-state index contributed by atoms with van der Waals surface area (Å²) in [6.07, 6.45) is 1.07. The van der Waals surface area contributed by atoms with Crippen molar-refractivity contribution in [3.63, 3.8) is 0 Å². The molecule has 0 aliphatic rings. The normalized spacial score (nSPS) is 14.9. The smallest absolute Gasteiger partial charge is 0.258 e. The molecule has 0 heterocycles. The lowest BCUT2D eigenvalue weighted by molar-refractivity contribution is 0.557. The molecule has 1 atom stereocenters. The van der Waals surface area contributed by atoms with Crippen LogP contribution in [0.1, 0.15) is 20.3 Å². The van der Waals surface area contributed by atoms with E-state index in [0.29, 0.717) is 5.54 Å². The van der Waals surface area contributed by atoms with Crippen LogP contribution in [0.15, 0.2) is 0 Å². The van der Waals surface area contributed by atoms with Crippen LogP contribution in [0, 0.1) is 0 Å². The highest BCUT2D eigenvalue weighted by molar-refractivity contribution is 7.26. The van der Waals surface area contributed by atoms with Crippen molar-refractivity contribution in [2.45, 2.75) is 45.5 Å². The lowest BCUT2D eigenvalue weighted by atomic mass is 10.4. The predicted octanol–water partition coefficient (Wildman–Crippen LogP) is 2.63. The topological polar surface area (TPSA) is 17.1 Å². The quantitative estimate of drug-likeness (QED) is 0.601. The molecule has 10 heavy (non-hydrogen) atoms. The predicted molar refractivity (Wildman–Crippen MR) is 49.5 cm³/mol. The standard InChI is InChI=1S/C7H18OSi2/c1-6-7(2)9(8)10(3,4)5/h7H,6H2,1-5H3. The second-order valence-electron chi connectivity index (χ2n) is 3.92. The molecule has 0 radical (unpaired) electrons. The van der Waals surface area contributed by atoms with Crippen LogP contribution in [0.2, 0.25) is 25.2 Å². The maximum Gasteiger partial charge on any atom is 0.258 e. The van der Waals surface area contributed by atoms with Crippen molar-refractivity contribution >= 4 is 15.8 Å². The van der Waals surface area contributed by atoms with Crippen molar-refractivity contribution < 1.29 is 4.46 Å². The minimum absolute atomic E-state index is 0.469. The maximum atomic E-state index is 11.6. The third kappa shape index (κ3) is 2.88. The van der Waals surface area contributed by atoms with Crippen molar-refractivity contribution in [3.8, 4) is 0 Å². The Labute approximate surface area is 66.3 Å². The Bertz CT molecular complexity index is 126. The Morgan fingerprint density at radius 1 is 1.40 bits per heavy atom. The minimum Gasteiger partial charge on any atom is -0.393 e. The van der Waals surface area contributed by atoms with E-state index in [1.54, 1.807) is 0 Å². The van der Waals surface area contributed by atoms with E-state index < -0.39 is 15.8 Å². The van der Waals surface area contributed by atoms with Gasteiger partial charge in [0.15, 0.2) is 0 Å². The summed E-state index contributed by atoms with van der Waals surface area (Å²) in [4.78, 5) is 0. The third-order valence-electron chi connectivity index (χ3n) is 1.80. The molecular formula is C7H18OSi2. The van der Waals surface area contributed by atoms with E-state index >= 15 is 0 Å². The molecule has 0 amide bonds. The average Bonchev–Trinajstić information content (AvgIpc) is 1.83. The lowest BCUT2D eigenvalue weighted by Gasteiger charge is -2.16. The van der Waals surface area contributed by atoms with Gasteiger partial charge in [-0.15, -0.1) is 0 Å². The van der Waals surface area contributed by atoms with Gasteiger partial charge in [-0.3, -0.25) is 0 Å². The van der Waals surface area contributed by atoms with Gasteiger partial charge in [0.2, 0.25) is 0 Å². The van der Waals surface area contributed by atoms with E-state index in [1.807, 2.05) is 0 Å². The van der Waals surface area contributed by atoms with Crippen LogP contribution in [0.4, 0.5) is 0 Å². The molecule has 0 aromatic carbocycles. The molecule has 0 aliphatic heterocycles. The maximum absolute atomic E-state index is 11.6. The lowest BCUT2D eigenvalue weighted by Crippen LogP contribution is -2.37. The molecule has 0 aromatic rings. The molecule has 0 saturated carbocycles. The van der Waals surface area contributed by atoms with E-state index in [9.17, 15) is 4.46 Å². The third-order valence-corrected chi connectivity index (χ3v) is 10.5. The molecule has 0 aromatic heterocycles. The summed E-state index contributed by atoms with van der Waals surface area (Å²) in [6.45, 7) is 10.8. The number of hydrogen-bond donors (Lipinski definition) is 0. The summed E-state index contributed by atoms with van der Waals surface area (Å²) in [5.74, 6) is 0. The highest BCUT2D eigenvalue weighted by Gasteiger charge is 2.29. The number of hydrogen-bond acceptors (Lipinski definition) is 1. The van der Waals surface area contributed by atoms with Gasteiger partial charge >= 0.3 is 0 Å². The fourth-order valence-corrected chi connectivity index (χ4v) is 7.82. The monoisotopic (exact) mass is 174 g/mol. The first-order valence-electron chi connectivity index (χ1n) is 3.94. The van der Waals surface area contributed by atoms with Crippen LogP contribution in [0.5, 0.6) is 0 Å². The molecular weight excluding hydrogens is 156 g/mol.